The molecule has 8 nitrogen and oxygen atoms in total. The van der Waals surface area contributed by atoms with Gasteiger partial charge in [0.15, 0.2) is 0 Å². The minimum atomic E-state index is -3.64. The first-order valence-electron chi connectivity index (χ1n) is 12.1. The van der Waals surface area contributed by atoms with Crippen LogP contribution in [0.1, 0.15) is 45.1 Å². The molecule has 204 valence electrons. The van der Waals surface area contributed by atoms with Crippen LogP contribution in [0.15, 0.2) is 42.5 Å². The number of amides is 2. The van der Waals surface area contributed by atoms with E-state index in [1.807, 2.05) is 6.92 Å². The van der Waals surface area contributed by atoms with Crippen LogP contribution in [0.4, 0.5) is 5.69 Å². The van der Waals surface area contributed by atoms with Crippen LogP contribution in [-0.4, -0.2) is 57.6 Å². The molecule has 0 radical (unpaired) electrons. The number of carbonyl (C=O) groups is 2. The van der Waals surface area contributed by atoms with Gasteiger partial charge in [0.1, 0.15) is 11.8 Å². The predicted octanol–water partition coefficient (Wildman–Crippen LogP) is 4.88. The second kappa shape index (κ2) is 14.4. The van der Waals surface area contributed by atoms with Gasteiger partial charge < -0.3 is 15.0 Å². The van der Waals surface area contributed by atoms with Gasteiger partial charge in [-0.25, -0.2) is 8.42 Å². The maximum Gasteiger partial charge on any atom is 0.242 e. The van der Waals surface area contributed by atoms with Crippen LogP contribution in [0.3, 0.4) is 0 Å². The van der Waals surface area contributed by atoms with E-state index < -0.39 is 16.1 Å². The molecule has 0 heterocycles. The average Bonchev–Trinajstić information content (AvgIpc) is 2.85. The molecular weight excluding hydrogens is 537 g/mol. The van der Waals surface area contributed by atoms with Crippen molar-refractivity contribution in [3.8, 4) is 5.75 Å². The lowest BCUT2D eigenvalue weighted by molar-refractivity contribution is -0.140. The molecule has 11 heteroatoms. The third kappa shape index (κ3) is 9.09. The Bertz CT molecular complexity index is 1180. The maximum absolute atomic E-state index is 13.4. The summed E-state index contributed by atoms with van der Waals surface area (Å²) in [5.74, 6) is -0.146. The van der Waals surface area contributed by atoms with Crippen LogP contribution < -0.4 is 14.4 Å². The van der Waals surface area contributed by atoms with Crippen molar-refractivity contribution in [2.24, 2.45) is 0 Å². The number of carbonyl (C=O) groups excluding carboxylic acids is 2. The maximum atomic E-state index is 13.4. The zero-order chi connectivity index (χ0) is 27.6. The standard InChI is InChI=1S/C26H35Cl2N3O5S/c1-5-6-15-29-26(33)19(2)30(18-20-13-14-21(27)17-22(20)28)25(32)12-9-16-31(37(4,34)35)23-10-7-8-11-24(23)36-3/h7-8,10-11,13-14,17,19H,5-6,9,12,15-16,18H2,1-4H3,(H,29,33). The molecule has 0 bridgehead atoms. The first kappa shape index (κ1) is 30.7. The van der Waals surface area contributed by atoms with E-state index >= 15 is 0 Å². The molecule has 0 aliphatic carbocycles. The zero-order valence-corrected chi connectivity index (χ0v) is 24.0. The highest BCUT2D eigenvalue weighted by Crippen LogP contribution is 2.30. The molecule has 1 atom stereocenters. The van der Waals surface area contributed by atoms with Gasteiger partial charge in [0.05, 0.1) is 19.1 Å². The fourth-order valence-electron chi connectivity index (χ4n) is 3.77. The lowest BCUT2D eigenvalue weighted by Gasteiger charge is -2.30. The molecule has 1 unspecified atom stereocenters. The number of rotatable bonds is 14. The van der Waals surface area contributed by atoms with Gasteiger partial charge in [-0.05, 0) is 49.6 Å². The van der Waals surface area contributed by atoms with Crippen molar-refractivity contribution in [1.82, 2.24) is 10.2 Å². The normalized spacial score (nSPS) is 12.1. The molecule has 0 spiro atoms. The molecule has 0 saturated heterocycles. The Hall–Kier alpha value is -2.49. The van der Waals surface area contributed by atoms with Crippen molar-refractivity contribution in [2.75, 3.05) is 30.8 Å². The Kier molecular flexibility index (Phi) is 12.0. The number of methoxy groups -OCH3 is 1. The fourth-order valence-corrected chi connectivity index (χ4v) is 5.21. The van der Waals surface area contributed by atoms with Crippen LogP contribution >= 0.6 is 23.2 Å². The summed E-state index contributed by atoms with van der Waals surface area (Å²) in [6.45, 7) is 4.39. The first-order valence-corrected chi connectivity index (χ1v) is 14.7. The summed E-state index contributed by atoms with van der Waals surface area (Å²) >= 11 is 12.4. The summed E-state index contributed by atoms with van der Waals surface area (Å²) < 4.78 is 31.6. The van der Waals surface area contributed by atoms with Gasteiger partial charge in [-0.1, -0.05) is 54.7 Å². The topological polar surface area (TPSA) is 96.0 Å². The van der Waals surface area contributed by atoms with E-state index in [0.29, 0.717) is 33.6 Å². The third-order valence-corrected chi connectivity index (χ3v) is 7.63. The monoisotopic (exact) mass is 571 g/mol. The van der Waals surface area contributed by atoms with Gasteiger partial charge in [-0.2, -0.15) is 0 Å². The number of hydrogen-bond acceptors (Lipinski definition) is 5. The highest BCUT2D eigenvalue weighted by molar-refractivity contribution is 7.92. The van der Waals surface area contributed by atoms with Gasteiger partial charge in [-0.15, -0.1) is 0 Å². The SMILES string of the molecule is CCCCNC(=O)C(C)N(Cc1ccc(Cl)cc1Cl)C(=O)CCCN(c1ccccc1OC)S(C)(=O)=O. The van der Waals surface area contributed by atoms with E-state index in [4.69, 9.17) is 27.9 Å². The molecule has 0 aliphatic rings. The van der Waals surface area contributed by atoms with Crippen LogP contribution in [0.5, 0.6) is 5.75 Å². The van der Waals surface area contributed by atoms with Gasteiger partial charge in [0.25, 0.3) is 0 Å². The number of hydrogen-bond donors (Lipinski definition) is 1. The quantitative estimate of drug-likeness (QED) is 0.326. The number of sulfonamides is 1. The summed E-state index contributed by atoms with van der Waals surface area (Å²) in [6, 6.07) is 11.0. The number of anilines is 1. The van der Waals surface area contributed by atoms with Crippen molar-refractivity contribution >= 4 is 50.7 Å². The molecule has 1 N–H and O–H groups in total. The molecule has 2 aromatic carbocycles. The Morgan fingerprint density at radius 3 is 2.43 bits per heavy atom. The largest absolute Gasteiger partial charge is 0.495 e. The highest BCUT2D eigenvalue weighted by atomic mass is 35.5. The number of nitrogens with zero attached hydrogens (tertiary/aromatic N) is 2. The second-order valence-corrected chi connectivity index (χ2v) is 11.4. The van der Waals surface area contributed by atoms with Crippen molar-refractivity contribution in [1.29, 1.82) is 0 Å². The molecule has 0 saturated carbocycles. The van der Waals surface area contributed by atoms with Crippen molar-refractivity contribution in [3.05, 3.63) is 58.1 Å². The molecule has 2 aromatic rings. The minimum Gasteiger partial charge on any atom is -0.495 e. The van der Waals surface area contributed by atoms with E-state index in [1.165, 1.54) is 16.3 Å². The van der Waals surface area contributed by atoms with E-state index in [0.717, 1.165) is 19.1 Å². The number of ether oxygens (including phenoxy) is 1. The van der Waals surface area contributed by atoms with Gasteiger partial charge in [0.2, 0.25) is 21.8 Å². The van der Waals surface area contributed by atoms with E-state index in [-0.39, 0.29) is 37.7 Å². The van der Waals surface area contributed by atoms with Crippen LogP contribution in [0.2, 0.25) is 10.0 Å². The Labute approximate surface area is 229 Å². The molecular formula is C26H35Cl2N3O5S. The van der Waals surface area contributed by atoms with E-state index in [9.17, 15) is 18.0 Å². The summed E-state index contributed by atoms with van der Waals surface area (Å²) in [7, 11) is -2.17. The van der Waals surface area contributed by atoms with Gasteiger partial charge in [-0.3, -0.25) is 13.9 Å². The highest BCUT2D eigenvalue weighted by Gasteiger charge is 2.27. The predicted molar refractivity (Wildman–Crippen MR) is 149 cm³/mol. The van der Waals surface area contributed by atoms with Crippen LogP contribution in [-0.2, 0) is 26.2 Å². The van der Waals surface area contributed by atoms with Crippen molar-refractivity contribution in [3.63, 3.8) is 0 Å². The van der Waals surface area contributed by atoms with Gasteiger partial charge in [0, 0.05) is 36.1 Å². The number of benzene rings is 2. The Morgan fingerprint density at radius 1 is 1.11 bits per heavy atom. The van der Waals surface area contributed by atoms with E-state index in [2.05, 4.69) is 5.32 Å². The van der Waals surface area contributed by atoms with Crippen molar-refractivity contribution < 1.29 is 22.7 Å². The number of nitrogens with one attached hydrogen (secondary N) is 1. The van der Waals surface area contributed by atoms with Crippen LogP contribution in [0.25, 0.3) is 0 Å². The number of unbranched alkanes of at least 4 members (excludes halogenated alkanes) is 1. The number of halogens is 2. The fraction of sp³-hybridized carbons (Fsp3) is 0.462. The Balaban J connectivity index is 2.21. The van der Waals surface area contributed by atoms with Crippen molar-refractivity contribution in [2.45, 2.75) is 52.1 Å². The number of para-hydroxylation sites is 2. The third-order valence-electron chi connectivity index (χ3n) is 5.86. The molecule has 0 aliphatic heterocycles. The first-order chi connectivity index (χ1) is 17.5. The second-order valence-electron chi connectivity index (χ2n) is 8.69. The smallest absolute Gasteiger partial charge is 0.242 e. The summed E-state index contributed by atoms with van der Waals surface area (Å²) in [5.41, 5.74) is 1.05. The lowest BCUT2D eigenvalue weighted by Crippen LogP contribution is -2.48. The zero-order valence-electron chi connectivity index (χ0n) is 21.7. The van der Waals surface area contributed by atoms with Gasteiger partial charge >= 0.3 is 0 Å². The molecule has 37 heavy (non-hydrogen) atoms. The van der Waals surface area contributed by atoms with E-state index in [1.54, 1.807) is 49.4 Å². The summed E-state index contributed by atoms with van der Waals surface area (Å²) in [4.78, 5) is 27.6. The van der Waals surface area contributed by atoms with Crippen LogP contribution in [0, 0.1) is 0 Å². The Morgan fingerprint density at radius 2 is 1.81 bits per heavy atom. The molecule has 0 fully saturated rings. The summed E-state index contributed by atoms with van der Waals surface area (Å²) in [6.07, 6.45) is 3.14. The molecule has 2 amide bonds. The lowest BCUT2D eigenvalue weighted by atomic mass is 10.1. The molecule has 2 rings (SSSR count). The minimum absolute atomic E-state index is 0.0267. The summed E-state index contributed by atoms with van der Waals surface area (Å²) in [5, 5.41) is 3.73. The average molecular weight is 573 g/mol. The molecule has 0 aromatic heterocycles.